The normalized spacial score (nSPS) is 10.8. The lowest BCUT2D eigenvalue weighted by atomic mass is 10.2. The van der Waals surface area contributed by atoms with Gasteiger partial charge in [-0.05, 0) is 32.1 Å². The van der Waals surface area contributed by atoms with Crippen LogP contribution in [0.4, 0.5) is 0 Å². The average molecular weight is 292 g/mol. The maximum Gasteiger partial charge on any atom is 0.269 e. The fraction of sp³-hybridized carbons (Fsp3) is 0.533. The number of aromatic nitrogens is 1. The second-order valence-electron chi connectivity index (χ2n) is 5.57. The second kappa shape index (κ2) is 8.36. The Balaban J connectivity index is 2.62. The molecule has 2 amide bonds. The Kier molecular flexibility index (Phi) is 6.81. The van der Waals surface area contributed by atoms with E-state index in [9.17, 15) is 9.59 Å². The quantitative estimate of drug-likeness (QED) is 0.778. The second-order valence-corrected chi connectivity index (χ2v) is 5.57. The van der Waals surface area contributed by atoms with Crippen molar-refractivity contribution in [2.75, 3.05) is 33.7 Å². The molecule has 6 heteroatoms. The molecule has 1 heterocycles. The number of likely N-dealkylation sites (N-methyl/N-ethyl adjacent to an activating group) is 1. The molecule has 21 heavy (non-hydrogen) atoms. The van der Waals surface area contributed by atoms with Gasteiger partial charge in [-0.1, -0.05) is 19.9 Å². The molecule has 0 saturated heterocycles. The molecule has 1 rings (SSSR count). The molecule has 0 aliphatic carbocycles. The van der Waals surface area contributed by atoms with Crippen molar-refractivity contribution in [3.63, 3.8) is 0 Å². The third-order valence-electron chi connectivity index (χ3n) is 2.73. The molecular formula is C15H24N4O2. The first-order valence-electron chi connectivity index (χ1n) is 7.08. The summed E-state index contributed by atoms with van der Waals surface area (Å²) in [6.07, 6.45) is 0. The first-order valence-corrected chi connectivity index (χ1v) is 7.08. The summed E-state index contributed by atoms with van der Waals surface area (Å²) < 4.78 is 0. The SMILES string of the molecule is CC(C)CNC(=O)c1cccc(C(=O)NCCN(C)C)n1. The molecule has 0 fully saturated rings. The highest BCUT2D eigenvalue weighted by Crippen LogP contribution is 2.00. The zero-order valence-corrected chi connectivity index (χ0v) is 13.1. The van der Waals surface area contributed by atoms with Gasteiger partial charge in [-0.25, -0.2) is 4.98 Å². The number of amides is 2. The van der Waals surface area contributed by atoms with E-state index < -0.39 is 0 Å². The van der Waals surface area contributed by atoms with Gasteiger partial charge in [0.1, 0.15) is 11.4 Å². The van der Waals surface area contributed by atoms with E-state index in [-0.39, 0.29) is 23.2 Å². The minimum atomic E-state index is -0.268. The minimum absolute atomic E-state index is 0.256. The molecule has 0 bridgehead atoms. The van der Waals surface area contributed by atoms with Gasteiger partial charge in [-0.3, -0.25) is 9.59 Å². The van der Waals surface area contributed by atoms with Crippen LogP contribution in [0.3, 0.4) is 0 Å². The number of pyridine rings is 1. The van der Waals surface area contributed by atoms with E-state index >= 15 is 0 Å². The number of carbonyl (C=O) groups is 2. The van der Waals surface area contributed by atoms with Crippen LogP contribution in [-0.4, -0.2) is 55.4 Å². The van der Waals surface area contributed by atoms with E-state index in [1.807, 2.05) is 32.8 Å². The molecule has 116 valence electrons. The molecule has 0 aromatic carbocycles. The predicted octanol–water partition coefficient (Wildman–Crippen LogP) is 0.759. The Hall–Kier alpha value is -1.95. The maximum absolute atomic E-state index is 11.9. The summed E-state index contributed by atoms with van der Waals surface area (Å²) in [7, 11) is 3.87. The number of nitrogens with one attached hydrogen (secondary N) is 2. The zero-order chi connectivity index (χ0) is 15.8. The van der Waals surface area contributed by atoms with Crippen molar-refractivity contribution in [2.45, 2.75) is 13.8 Å². The summed E-state index contributed by atoms with van der Waals surface area (Å²) in [5.74, 6) is -0.159. The number of carbonyl (C=O) groups excluding carboxylic acids is 2. The Morgan fingerprint density at radius 1 is 1.14 bits per heavy atom. The van der Waals surface area contributed by atoms with Crippen molar-refractivity contribution < 1.29 is 9.59 Å². The van der Waals surface area contributed by atoms with Crippen molar-refractivity contribution in [3.8, 4) is 0 Å². The summed E-state index contributed by atoms with van der Waals surface area (Å²) in [5.41, 5.74) is 0.516. The zero-order valence-electron chi connectivity index (χ0n) is 13.1. The number of hydrogen-bond acceptors (Lipinski definition) is 4. The summed E-state index contributed by atoms with van der Waals surface area (Å²) in [6, 6.07) is 4.87. The van der Waals surface area contributed by atoms with Gasteiger partial charge >= 0.3 is 0 Å². The van der Waals surface area contributed by atoms with Gasteiger partial charge < -0.3 is 15.5 Å². The summed E-state index contributed by atoms with van der Waals surface area (Å²) in [4.78, 5) is 29.9. The third-order valence-corrected chi connectivity index (χ3v) is 2.73. The molecule has 1 aromatic heterocycles. The van der Waals surface area contributed by atoms with Crippen LogP contribution in [0.15, 0.2) is 18.2 Å². The lowest BCUT2D eigenvalue weighted by Crippen LogP contribution is -2.32. The largest absolute Gasteiger partial charge is 0.350 e. The van der Waals surface area contributed by atoms with Crippen LogP contribution < -0.4 is 10.6 Å². The Labute approximate surface area is 125 Å². The van der Waals surface area contributed by atoms with Crippen molar-refractivity contribution >= 4 is 11.8 Å². The average Bonchev–Trinajstić information content (AvgIpc) is 2.44. The van der Waals surface area contributed by atoms with Crippen LogP contribution in [-0.2, 0) is 0 Å². The van der Waals surface area contributed by atoms with E-state index in [0.29, 0.717) is 19.0 Å². The lowest BCUT2D eigenvalue weighted by Gasteiger charge is -2.11. The fourth-order valence-corrected chi connectivity index (χ4v) is 1.56. The predicted molar refractivity (Wildman–Crippen MR) is 82.3 cm³/mol. The van der Waals surface area contributed by atoms with Crippen molar-refractivity contribution in [1.82, 2.24) is 20.5 Å². The highest BCUT2D eigenvalue weighted by atomic mass is 16.2. The van der Waals surface area contributed by atoms with Crippen LogP contribution in [0.1, 0.15) is 34.8 Å². The topological polar surface area (TPSA) is 74.3 Å². The maximum atomic E-state index is 11.9. The first-order chi connectivity index (χ1) is 9.90. The van der Waals surface area contributed by atoms with Gasteiger partial charge in [0, 0.05) is 19.6 Å². The van der Waals surface area contributed by atoms with Crippen LogP contribution in [0.25, 0.3) is 0 Å². The van der Waals surface area contributed by atoms with Gasteiger partial charge in [-0.2, -0.15) is 0 Å². The van der Waals surface area contributed by atoms with Crippen LogP contribution in [0, 0.1) is 5.92 Å². The number of nitrogens with zero attached hydrogens (tertiary/aromatic N) is 2. The van der Waals surface area contributed by atoms with Gasteiger partial charge in [0.05, 0.1) is 0 Å². The van der Waals surface area contributed by atoms with Crippen molar-refractivity contribution in [3.05, 3.63) is 29.6 Å². The molecular weight excluding hydrogens is 268 g/mol. The highest BCUT2D eigenvalue weighted by molar-refractivity contribution is 5.96. The molecule has 0 atom stereocenters. The van der Waals surface area contributed by atoms with E-state index in [2.05, 4.69) is 15.6 Å². The third kappa shape index (κ3) is 6.35. The first kappa shape index (κ1) is 17.1. The molecule has 0 radical (unpaired) electrons. The van der Waals surface area contributed by atoms with E-state index in [1.54, 1.807) is 18.2 Å². The molecule has 0 aliphatic rings. The molecule has 0 saturated carbocycles. The molecule has 0 spiro atoms. The van der Waals surface area contributed by atoms with E-state index in [4.69, 9.17) is 0 Å². The van der Waals surface area contributed by atoms with Gasteiger partial charge in [0.25, 0.3) is 11.8 Å². The lowest BCUT2D eigenvalue weighted by molar-refractivity contribution is 0.0940. The number of hydrogen-bond donors (Lipinski definition) is 2. The van der Waals surface area contributed by atoms with Crippen molar-refractivity contribution in [1.29, 1.82) is 0 Å². The molecule has 0 aliphatic heterocycles. The fourth-order valence-electron chi connectivity index (χ4n) is 1.56. The van der Waals surface area contributed by atoms with E-state index in [0.717, 1.165) is 6.54 Å². The van der Waals surface area contributed by atoms with E-state index in [1.165, 1.54) is 0 Å². The Morgan fingerprint density at radius 3 is 2.24 bits per heavy atom. The van der Waals surface area contributed by atoms with Gasteiger partial charge in [0.2, 0.25) is 0 Å². The summed E-state index contributed by atoms with van der Waals surface area (Å²) >= 11 is 0. The standard InChI is InChI=1S/C15H24N4O2/c1-11(2)10-17-15(21)13-7-5-6-12(18-13)14(20)16-8-9-19(3)4/h5-7,11H,8-10H2,1-4H3,(H,16,20)(H,17,21). The summed E-state index contributed by atoms with van der Waals surface area (Å²) in [6.45, 7) is 5.90. The van der Waals surface area contributed by atoms with Crippen LogP contribution >= 0.6 is 0 Å². The highest BCUT2D eigenvalue weighted by Gasteiger charge is 2.12. The van der Waals surface area contributed by atoms with Crippen molar-refractivity contribution in [2.24, 2.45) is 5.92 Å². The molecule has 6 nitrogen and oxygen atoms in total. The molecule has 2 N–H and O–H groups in total. The van der Waals surface area contributed by atoms with Crippen LogP contribution in [0.5, 0.6) is 0 Å². The molecule has 0 unspecified atom stereocenters. The van der Waals surface area contributed by atoms with Gasteiger partial charge in [0.15, 0.2) is 0 Å². The monoisotopic (exact) mass is 292 g/mol. The Morgan fingerprint density at radius 2 is 1.71 bits per heavy atom. The van der Waals surface area contributed by atoms with Crippen LogP contribution in [0.2, 0.25) is 0 Å². The summed E-state index contributed by atoms with van der Waals surface area (Å²) in [5, 5.41) is 5.55. The Bertz CT molecular complexity index is 486. The minimum Gasteiger partial charge on any atom is -0.350 e. The molecule has 1 aromatic rings. The number of rotatable bonds is 7. The smallest absolute Gasteiger partial charge is 0.269 e. The van der Waals surface area contributed by atoms with Gasteiger partial charge in [-0.15, -0.1) is 0 Å².